The standard InChI is InChI=1S/2C30H31F4N5O2.3C4H6O4/c2*1-40-21-16-19-4-3-9-35-28(19)24(17-21)39-14-12-37(13-15-39)20-7-10-38(11-8-20)23-6-5-22(31)27-25(41-2)18-26(30(32,33)34)36-29(23)27;3*5-3(6)1-2-4(7)8/h2*3-6,9,16-18,20H,7-8,10-15H2,1-2H3;3*1-2H2,(H,5,6)(H,7,8). The lowest BCUT2D eigenvalue weighted by molar-refractivity contribution is -0.143. The minimum absolute atomic E-state index is 0.0251. The Balaban J connectivity index is 0.000000205. The van der Waals surface area contributed by atoms with E-state index >= 15 is 0 Å². The molecule has 106 heavy (non-hydrogen) atoms. The lowest BCUT2D eigenvalue weighted by Gasteiger charge is -2.44. The smallest absolute Gasteiger partial charge is 0.433 e. The molecule has 6 N–H and O–H groups in total. The highest BCUT2D eigenvalue weighted by molar-refractivity contribution is 5.98. The number of carbonyl (C=O) groups is 6. The molecule has 570 valence electrons. The molecule has 0 unspecified atom stereocenters. The van der Waals surface area contributed by atoms with Gasteiger partial charge in [-0.2, -0.15) is 26.3 Å². The van der Waals surface area contributed by atoms with Crippen LogP contribution in [0.25, 0.3) is 43.6 Å². The van der Waals surface area contributed by atoms with E-state index in [2.05, 4.69) is 39.5 Å². The molecule has 0 spiro atoms. The number of carboxylic acids is 6. The Labute approximate surface area is 601 Å². The van der Waals surface area contributed by atoms with E-state index in [1.54, 1.807) is 14.2 Å². The number of pyridine rings is 4. The molecule has 34 heteroatoms. The molecule has 0 atom stereocenters. The number of hydrogen-bond acceptors (Lipinski definition) is 20. The predicted molar refractivity (Wildman–Crippen MR) is 375 cm³/mol. The Kier molecular flexibility index (Phi) is 28.0. The lowest BCUT2D eigenvalue weighted by Crippen LogP contribution is -2.53. The molecule has 12 rings (SSSR count). The van der Waals surface area contributed by atoms with E-state index in [9.17, 15) is 63.9 Å². The summed E-state index contributed by atoms with van der Waals surface area (Å²) in [7, 11) is 5.81. The van der Waals surface area contributed by atoms with Gasteiger partial charge in [0.15, 0.2) is 0 Å². The van der Waals surface area contributed by atoms with Crippen LogP contribution < -0.4 is 38.5 Å². The number of fused-ring (bicyclic) bond motifs is 4. The van der Waals surface area contributed by atoms with Gasteiger partial charge in [-0.25, -0.2) is 18.7 Å². The zero-order chi connectivity index (χ0) is 77.2. The maximum Gasteiger partial charge on any atom is 0.433 e. The number of aliphatic carboxylic acids is 6. The molecule has 4 aromatic carbocycles. The van der Waals surface area contributed by atoms with Crippen LogP contribution in [0.4, 0.5) is 57.9 Å². The van der Waals surface area contributed by atoms with Crippen LogP contribution >= 0.6 is 0 Å². The maximum absolute atomic E-state index is 14.8. The predicted octanol–water partition coefficient (Wildman–Crippen LogP) is 11.3. The molecule has 8 heterocycles. The van der Waals surface area contributed by atoms with Gasteiger partial charge in [-0.3, -0.25) is 48.5 Å². The molecule has 4 aromatic heterocycles. The van der Waals surface area contributed by atoms with Gasteiger partial charge in [0.1, 0.15) is 57.1 Å². The number of ether oxygens (including phenoxy) is 4. The number of carboxylic acid groups (broad SMARTS) is 6. The summed E-state index contributed by atoms with van der Waals surface area (Å²) in [5, 5.41) is 49.4. The lowest BCUT2D eigenvalue weighted by atomic mass is 10.0. The SMILES string of the molecule is COc1cc(N2CCN(C3CCN(c4ccc(F)c5c(OC)cc(C(F)(F)F)nc45)CC3)CC2)c2ncccc2c1.COc1cc(N2CCN(C3CCN(c4ccc(F)c5c(OC)cc(C(F)(F)F)nc45)CC3)CC2)c2ncccc2c1.O=C(O)CCC(=O)O.O=C(O)CCC(=O)O.O=C(O)CCC(=O)O. The number of piperidine rings is 2. The Hall–Kier alpha value is -10.9. The molecular formula is C72H80F8N10O16. The summed E-state index contributed by atoms with van der Waals surface area (Å²) < 4.78 is 132. The third-order valence-electron chi connectivity index (χ3n) is 18.1. The number of hydrogen-bond donors (Lipinski definition) is 6. The average molecular weight is 1490 g/mol. The van der Waals surface area contributed by atoms with Crippen LogP contribution in [0.15, 0.2) is 97.3 Å². The van der Waals surface area contributed by atoms with Crippen molar-refractivity contribution in [2.75, 3.05) is 127 Å². The minimum atomic E-state index is -4.67. The molecule has 4 saturated heterocycles. The maximum atomic E-state index is 14.8. The van der Waals surface area contributed by atoms with Crippen LogP contribution in [0.2, 0.25) is 0 Å². The van der Waals surface area contributed by atoms with Gasteiger partial charge in [-0.05, 0) is 74.2 Å². The molecule has 26 nitrogen and oxygen atoms in total. The van der Waals surface area contributed by atoms with Crippen molar-refractivity contribution in [3.8, 4) is 23.0 Å². The van der Waals surface area contributed by atoms with E-state index in [1.165, 1.54) is 38.5 Å². The van der Waals surface area contributed by atoms with Crippen molar-refractivity contribution >= 4 is 102 Å². The number of anilines is 4. The van der Waals surface area contributed by atoms with E-state index in [4.69, 9.17) is 49.6 Å². The van der Waals surface area contributed by atoms with Gasteiger partial charge in [0, 0.05) is 138 Å². The zero-order valence-electron chi connectivity index (χ0n) is 58.2. The van der Waals surface area contributed by atoms with Crippen LogP contribution in [0.3, 0.4) is 0 Å². The Morgan fingerprint density at radius 3 is 0.972 bits per heavy atom. The van der Waals surface area contributed by atoms with E-state index in [1.807, 2.05) is 70.7 Å². The van der Waals surface area contributed by atoms with Crippen molar-refractivity contribution in [3.05, 3.63) is 120 Å². The monoisotopic (exact) mass is 1490 g/mol. The van der Waals surface area contributed by atoms with Crippen LogP contribution in [0.1, 0.15) is 75.6 Å². The zero-order valence-corrected chi connectivity index (χ0v) is 58.2. The van der Waals surface area contributed by atoms with Gasteiger partial charge in [-0.1, -0.05) is 12.1 Å². The topological polar surface area (TPSA) is 332 Å². The van der Waals surface area contributed by atoms with Crippen molar-refractivity contribution in [3.63, 3.8) is 0 Å². The first kappa shape index (κ1) is 80.8. The van der Waals surface area contributed by atoms with E-state index < -0.39 is 71.2 Å². The highest BCUT2D eigenvalue weighted by Crippen LogP contribution is 2.43. The molecule has 0 aliphatic carbocycles. The number of alkyl halides is 6. The molecular weight excluding hydrogens is 1410 g/mol. The summed E-state index contributed by atoms with van der Waals surface area (Å²) >= 11 is 0. The van der Waals surface area contributed by atoms with Crippen LogP contribution in [0, 0.1) is 11.6 Å². The number of aromatic nitrogens is 4. The largest absolute Gasteiger partial charge is 0.497 e. The van der Waals surface area contributed by atoms with E-state index in [-0.39, 0.29) is 71.8 Å². The van der Waals surface area contributed by atoms with Crippen LogP contribution in [-0.2, 0) is 41.1 Å². The molecule has 4 aliphatic rings. The van der Waals surface area contributed by atoms with Gasteiger partial charge in [0.05, 0.1) is 112 Å². The van der Waals surface area contributed by atoms with Gasteiger partial charge in [-0.15, -0.1) is 0 Å². The Morgan fingerprint density at radius 1 is 0.396 bits per heavy atom. The third kappa shape index (κ3) is 21.4. The normalized spacial score (nSPS) is 15.4. The highest BCUT2D eigenvalue weighted by atomic mass is 19.4. The quantitative estimate of drug-likeness (QED) is 0.0410. The van der Waals surface area contributed by atoms with Crippen molar-refractivity contribution < 1.29 is 113 Å². The number of methoxy groups -OCH3 is 4. The van der Waals surface area contributed by atoms with Crippen LogP contribution in [0.5, 0.6) is 23.0 Å². The van der Waals surface area contributed by atoms with Gasteiger partial charge >= 0.3 is 48.2 Å². The van der Waals surface area contributed by atoms with Crippen molar-refractivity contribution in [2.24, 2.45) is 0 Å². The molecule has 8 aromatic rings. The summed E-state index contributed by atoms with van der Waals surface area (Å²) in [5.74, 6) is -6.51. The summed E-state index contributed by atoms with van der Waals surface area (Å²) in [6, 6.07) is 23.8. The number of rotatable bonds is 19. The first-order valence-corrected chi connectivity index (χ1v) is 33.5. The van der Waals surface area contributed by atoms with Gasteiger partial charge < -0.3 is 69.2 Å². The average Bonchev–Trinajstić information content (AvgIpc) is 0.750. The van der Waals surface area contributed by atoms with Gasteiger partial charge in [0.25, 0.3) is 0 Å². The molecule has 0 saturated carbocycles. The number of benzene rings is 4. The second kappa shape index (κ2) is 36.7. The van der Waals surface area contributed by atoms with E-state index in [0.717, 1.165) is 135 Å². The first-order valence-electron chi connectivity index (χ1n) is 33.5. The molecule has 4 aliphatic heterocycles. The Morgan fingerprint density at radius 2 is 0.698 bits per heavy atom. The third-order valence-corrected chi connectivity index (χ3v) is 18.1. The number of halogens is 8. The number of nitrogens with zero attached hydrogens (tertiary/aromatic N) is 10. The Bertz CT molecular complexity index is 4070. The molecule has 0 amide bonds. The molecule has 0 radical (unpaired) electrons. The molecule has 4 fully saturated rings. The number of piperazine rings is 2. The van der Waals surface area contributed by atoms with Crippen molar-refractivity contribution in [1.29, 1.82) is 0 Å². The van der Waals surface area contributed by atoms with Gasteiger partial charge in [0.2, 0.25) is 0 Å². The summed E-state index contributed by atoms with van der Waals surface area (Å²) in [6.45, 7) is 9.52. The van der Waals surface area contributed by atoms with Crippen molar-refractivity contribution in [1.82, 2.24) is 29.7 Å². The highest BCUT2D eigenvalue weighted by Gasteiger charge is 2.38. The van der Waals surface area contributed by atoms with Crippen molar-refractivity contribution in [2.45, 2.75) is 88.6 Å². The minimum Gasteiger partial charge on any atom is -0.497 e. The second-order valence-corrected chi connectivity index (χ2v) is 24.8. The fourth-order valence-corrected chi connectivity index (χ4v) is 12.9. The summed E-state index contributed by atoms with van der Waals surface area (Å²) in [6.07, 6.45) is -4.13. The molecule has 0 bridgehead atoms. The summed E-state index contributed by atoms with van der Waals surface area (Å²) in [4.78, 5) is 88.5. The van der Waals surface area contributed by atoms with E-state index in [0.29, 0.717) is 49.6 Å². The first-order chi connectivity index (χ1) is 50.4. The fourth-order valence-electron chi connectivity index (χ4n) is 12.9. The van der Waals surface area contributed by atoms with Crippen LogP contribution in [-0.4, -0.2) is 215 Å². The second-order valence-electron chi connectivity index (χ2n) is 24.8. The fraction of sp³-hybridized carbons (Fsp3) is 0.417. The summed E-state index contributed by atoms with van der Waals surface area (Å²) in [5.41, 5.74) is 2.79.